The van der Waals surface area contributed by atoms with Crippen molar-refractivity contribution in [3.05, 3.63) is 12.2 Å². The van der Waals surface area contributed by atoms with E-state index >= 15 is 0 Å². The van der Waals surface area contributed by atoms with Crippen LogP contribution in [0.5, 0.6) is 0 Å². The highest BCUT2D eigenvalue weighted by molar-refractivity contribution is 5.66. The summed E-state index contributed by atoms with van der Waals surface area (Å²) in [5.74, 6) is -0.0487. The SMILES string of the molecule is CCCCC(O)C=C[C@H]1CC[C@H](O)[C@@H]1CCCCCCC(=O)O. The van der Waals surface area contributed by atoms with Gasteiger partial charge >= 0.3 is 5.97 Å². The molecule has 1 rings (SSSR count). The molecule has 4 atom stereocenters. The zero-order valence-corrected chi connectivity index (χ0v) is 14.5. The Hall–Kier alpha value is -0.870. The van der Waals surface area contributed by atoms with Crippen LogP contribution in [-0.4, -0.2) is 33.5 Å². The first-order chi connectivity index (χ1) is 11.0. The molecule has 0 aliphatic heterocycles. The normalized spacial score (nSPS) is 26.0. The minimum Gasteiger partial charge on any atom is -0.481 e. The molecule has 1 fully saturated rings. The van der Waals surface area contributed by atoms with E-state index in [1.54, 1.807) is 0 Å². The third kappa shape index (κ3) is 8.52. The van der Waals surface area contributed by atoms with Gasteiger partial charge in [-0.15, -0.1) is 0 Å². The van der Waals surface area contributed by atoms with E-state index in [0.717, 1.165) is 64.2 Å². The highest BCUT2D eigenvalue weighted by Gasteiger charge is 2.32. The van der Waals surface area contributed by atoms with Crippen LogP contribution in [0.3, 0.4) is 0 Å². The van der Waals surface area contributed by atoms with Crippen LogP contribution in [0, 0.1) is 11.8 Å². The predicted octanol–water partition coefficient (Wildman–Crippen LogP) is 3.91. The van der Waals surface area contributed by atoms with Crippen LogP contribution in [0.15, 0.2) is 12.2 Å². The molecule has 1 saturated carbocycles. The average Bonchev–Trinajstić information content (AvgIpc) is 2.86. The molecule has 0 radical (unpaired) electrons. The average molecular weight is 326 g/mol. The highest BCUT2D eigenvalue weighted by atomic mass is 16.4. The number of carbonyl (C=O) groups is 1. The van der Waals surface area contributed by atoms with Crippen molar-refractivity contribution < 1.29 is 20.1 Å². The molecule has 0 aromatic rings. The first-order valence-electron chi connectivity index (χ1n) is 9.30. The number of unbranched alkanes of at least 4 members (excludes halogenated alkanes) is 4. The molecule has 0 spiro atoms. The maximum Gasteiger partial charge on any atom is 0.303 e. The fourth-order valence-corrected chi connectivity index (χ4v) is 3.51. The molecule has 1 unspecified atom stereocenters. The van der Waals surface area contributed by atoms with Crippen LogP contribution in [0.1, 0.15) is 77.6 Å². The topological polar surface area (TPSA) is 77.8 Å². The molecule has 23 heavy (non-hydrogen) atoms. The molecular weight excluding hydrogens is 292 g/mol. The second-order valence-corrected chi connectivity index (χ2v) is 6.91. The number of aliphatic carboxylic acids is 1. The highest BCUT2D eigenvalue weighted by Crippen LogP contribution is 2.36. The number of aliphatic hydroxyl groups excluding tert-OH is 2. The number of carboxylic acids is 1. The molecule has 0 aromatic carbocycles. The van der Waals surface area contributed by atoms with Crippen molar-refractivity contribution in [2.45, 2.75) is 89.8 Å². The summed E-state index contributed by atoms with van der Waals surface area (Å²) in [5.41, 5.74) is 0. The lowest BCUT2D eigenvalue weighted by molar-refractivity contribution is -0.137. The molecule has 1 aliphatic rings. The smallest absolute Gasteiger partial charge is 0.303 e. The van der Waals surface area contributed by atoms with Crippen molar-refractivity contribution in [2.24, 2.45) is 11.8 Å². The van der Waals surface area contributed by atoms with Gasteiger partial charge in [0.25, 0.3) is 0 Å². The summed E-state index contributed by atoms with van der Waals surface area (Å²) in [6.07, 6.45) is 13.3. The zero-order chi connectivity index (χ0) is 17.1. The van der Waals surface area contributed by atoms with Gasteiger partial charge in [0, 0.05) is 6.42 Å². The quantitative estimate of drug-likeness (QED) is 0.375. The minimum atomic E-state index is -0.719. The lowest BCUT2D eigenvalue weighted by Gasteiger charge is -2.20. The Bertz CT molecular complexity index is 353. The van der Waals surface area contributed by atoms with Crippen molar-refractivity contribution in [1.82, 2.24) is 0 Å². The molecule has 4 heteroatoms. The Kier molecular flexibility index (Phi) is 10.2. The maximum absolute atomic E-state index is 10.5. The summed E-state index contributed by atoms with van der Waals surface area (Å²) in [7, 11) is 0. The van der Waals surface area contributed by atoms with Gasteiger partial charge in [-0.05, 0) is 43.9 Å². The number of hydrogen-bond acceptors (Lipinski definition) is 3. The van der Waals surface area contributed by atoms with E-state index in [0.29, 0.717) is 11.8 Å². The monoisotopic (exact) mass is 326 g/mol. The lowest BCUT2D eigenvalue weighted by Crippen LogP contribution is -2.18. The molecule has 134 valence electrons. The van der Waals surface area contributed by atoms with Gasteiger partial charge in [-0.1, -0.05) is 51.2 Å². The van der Waals surface area contributed by atoms with Gasteiger partial charge in [0.05, 0.1) is 12.2 Å². The van der Waals surface area contributed by atoms with E-state index in [-0.39, 0.29) is 18.6 Å². The number of rotatable bonds is 12. The van der Waals surface area contributed by atoms with E-state index < -0.39 is 5.97 Å². The molecule has 3 N–H and O–H groups in total. The maximum atomic E-state index is 10.5. The van der Waals surface area contributed by atoms with Gasteiger partial charge in [-0.2, -0.15) is 0 Å². The number of carboxylic acid groups (broad SMARTS) is 1. The summed E-state index contributed by atoms with van der Waals surface area (Å²) in [5, 5.41) is 28.7. The summed E-state index contributed by atoms with van der Waals surface area (Å²) in [6, 6.07) is 0. The molecule has 0 aromatic heterocycles. The second kappa shape index (κ2) is 11.6. The standard InChI is InChI=1S/C19H34O4/c1-2-3-8-16(20)13-11-15-12-14-18(21)17(15)9-6-4-5-7-10-19(22)23/h11,13,15-18,20-21H,2-10,12,14H2,1H3,(H,22,23)/t15-,16?,17+,18-/m0/s1. The zero-order valence-electron chi connectivity index (χ0n) is 14.5. The Morgan fingerprint density at radius 2 is 1.91 bits per heavy atom. The second-order valence-electron chi connectivity index (χ2n) is 6.91. The molecule has 1 aliphatic carbocycles. The summed E-state index contributed by atoms with van der Waals surface area (Å²) in [4.78, 5) is 10.5. The number of allylic oxidation sites excluding steroid dienone is 1. The van der Waals surface area contributed by atoms with Crippen LogP contribution in [0.2, 0.25) is 0 Å². The molecule has 0 saturated heterocycles. The van der Waals surface area contributed by atoms with Gasteiger partial charge in [0.15, 0.2) is 0 Å². The number of hydrogen-bond donors (Lipinski definition) is 3. The van der Waals surface area contributed by atoms with Crippen LogP contribution >= 0.6 is 0 Å². The molecule has 0 heterocycles. The molecule has 4 nitrogen and oxygen atoms in total. The van der Waals surface area contributed by atoms with Crippen molar-refractivity contribution in [1.29, 1.82) is 0 Å². The van der Waals surface area contributed by atoms with E-state index in [1.807, 2.05) is 6.08 Å². The van der Waals surface area contributed by atoms with Crippen LogP contribution in [0.4, 0.5) is 0 Å². The van der Waals surface area contributed by atoms with Crippen LogP contribution < -0.4 is 0 Å². The number of aliphatic hydroxyl groups is 2. The largest absolute Gasteiger partial charge is 0.481 e. The van der Waals surface area contributed by atoms with E-state index in [1.165, 1.54) is 0 Å². The van der Waals surface area contributed by atoms with Crippen LogP contribution in [0.25, 0.3) is 0 Å². The fourth-order valence-electron chi connectivity index (χ4n) is 3.51. The Morgan fingerprint density at radius 3 is 2.61 bits per heavy atom. The summed E-state index contributed by atoms with van der Waals surface area (Å²) < 4.78 is 0. The van der Waals surface area contributed by atoms with Crippen LogP contribution in [-0.2, 0) is 4.79 Å². The van der Waals surface area contributed by atoms with Crippen molar-refractivity contribution in [3.8, 4) is 0 Å². The summed E-state index contributed by atoms with van der Waals surface area (Å²) in [6.45, 7) is 2.12. The first-order valence-corrected chi connectivity index (χ1v) is 9.30. The van der Waals surface area contributed by atoms with E-state index in [2.05, 4.69) is 13.0 Å². The Labute approximate surface area is 140 Å². The molecular formula is C19H34O4. The first kappa shape index (κ1) is 20.2. The lowest BCUT2D eigenvalue weighted by atomic mass is 9.88. The van der Waals surface area contributed by atoms with E-state index in [9.17, 15) is 15.0 Å². The van der Waals surface area contributed by atoms with Crippen molar-refractivity contribution >= 4 is 5.97 Å². The Balaban J connectivity index is 2.28. The van der Waals surface area contributed by atoms with E-state index in [4.69, 9.17) is 5.11 Å². The third-order valence-corrected chi connectivity index (χ3v) is 4.95. The van der Waals surface area contributed by atoms with Gasteiger partial charge < -0.3 is 15.3 Å². The molecule has 0 amide bonds. The van der Waals surface area contributed by atoms with Gasteiger partial charge in [-0.25, -0.2) is 0 Å². The predicted molar refractivity (Wildman–Crippen MR) is 92.2 cm³/mol. The van der Waals surface area contributed by atoms with Gasteiger partial charge in [0.1, 0.15) is 0 Å². The van der Waals surface area contributed by atoms with Crippen molar-refractivity contribution in [2.75, 3.05) is 0 Å². The minimum absolute atomic E-state index is 0.226. The fraction of sp³-hybridized carbons (Fsp3) is 0.842. The third-order valence-electron chi connectivity index (χ3n) is 4.95. The van der Waals surface area contributed by atoms with Gasteiger partial charge in [-0.3, -0.25) is 4.79 Å². The molecule has 0 bridgehead atoms. The van der Waals surface area contributed by atoms with Crippen molar-refractivity contribution in [3.63, 3.8) is 0 Å². The van der Waals surface area contributed by atoms with Gasteiger partial charge in [0.2, 0.25) is 0 Å². The summed E-state index contributed by atoms with van der Waals surface area (Å²) >= 11 is 0. The Morgan fingerprint density at radius 1 is 1.17 bits per heavy atom.